The van der Waals surface area contributed by atoms with E-state index in [1.54, 1.807) is 29.8 Å². The largest absolute Gasteiger partial charge is 0.424 e. The van der Waals surface area contributed by atoms with Gasteiger partial charge in [0.05, 0.1) is 0 Å². The van der Waals surface area contributed by atoms with Crippen LogP contribution >= 0.6 is 0 Å². The fourth-order valence-electron chi connectivity index (χ4n) is 3.10. The number of pyridine rings is 1. The van der Waals surface area contributed by atoms with Gasteiger partial charge in [-0.25, -0.2) is 29.3 Å². The van der Waals surface area contributed by atoms with Gasteiger partial charge >= 0.3 is 11.6 Å². The molecule has 10 nitrogen and oxygen atoms in total. The third-order valence-corrected chi connectivity index (χ3v) is 5.06. The number of hydrogen-bond donors (Lipinski definition) is 2. The van der Waals surface area contributed by atoms with Gasteiger partial charge in [0.2, 0.25) is 0 Å². The van der Waals surface area contributed by atoms with Gasteiger partial charge in [0.1, 0.15) is 11.3 Å². The van der Waals surface area contributed by atoms with Crippen LogP contribution in [0.4, 0.5) is 10.2 Å². The minimum absolute atomic E-state index is 0.0436. The molecule has 3 heterocycles. The third-order valence-electron chi connectivity index (χ3n) is 4.59. The molecule has 0 saturated heterocycles. The van der Waals surface area contributed by atoms with E-state index in [-0.39, 0.29) is 29.1 Å². The summed E-state index contributed by atoms with van der Waals surface area (Å²) in [6, 6.07) is 8.02. The number of rotatable bonds is 6. The average molecular weight is 457 g/mol. The molecule has 1 aromatic carbocycles. The van der Waals surface area contributed by atoms with Crippen LogP contribution in [0.1, 0.15) is 16.7 Å². The standard InChI is InChI=1S/C20H16FN5O5S/c1-11-14-4-3-13(30-20-24-6-2-7-25-20)10-16(14)31-19(27)15(11)9-12-5-8-23-18(17(12)21)26-32(22,28)29/h2-8,10H,9H2,1H3,(H,23,26)(H2,22,28,29). The van der Waals surface area contributed by atoms with E-state index in [0.717, 1.165) is 0 Å². The molecule has 32 heavy (non-hydrogen) atoms. The Morgan fingerprint density at radius 1 is 1.16 bits per heavy atom. The molecular weight excluding hydrogens is 441 g/mol. The lowest BCUT2D eigenvalue weighted by molar-refractivity contribution is 0.440. The lowest BCUT2D eigenvalue weighted by atomic mass is 10.00. The van der Waals surface area contributed by atoms with Crippen LogP contribution in [0.5, 0.6) is 11.8 Å². The van der Waals surface area contributed by atoms with Crippen molar-refractivity contribution in [3.05, 3.63) is 81.9 Å². The average Bonchev–Trinajstić information content (AvgIpc) is 2.73. The number of nitrogens with two attached hydrogens (primary N) is 1. The van der Waals surface area contributed by atoms with Crippen molar-refractivity contribution in [3.63, 3.8) is 0 Å². The smallest absolute Gasteiger partial charge is 0.340 e. The highest BCUT2D eigenvalue weighted by Gasteiger charge is 2.18. The van der Waals surface area contributed by atoms with Crippen LogP contribution in [0.15, 0.2) is 58.1 Å². The topological polar surface area (TPSA) is 150 Å². The Bertz CT molecular complexity index is 1480. The minimum Gasteiger partial charge on any atom is -0.424 e. The predicted molar refractivity (Wildman–Crippen MR) is 113 cm³/mol. The maximum Gasteiger partial charge on any atom is 0.340 e. The molecule has 0 aliphatic carbocycles. The number of ether oxygens (including phenoxy) is 1. The first-order chi connectivity index (χ1) is 15.2. The maximum absolute atomic E-state index is 14.7. The summed E-state index contributed by atoms with van der Waals surface area (Å²) in [5.74, 6) is -1.12. The van der Waals surface area contributed by atoms with Crippen molar-refractivity contribution >= 4 is 27.0 Å². The summed E-state index contributed by atoms with van der Waals surface area (Å²) in [6.07, 6.45) is 4.12. The first kappa shape index (κ1) is 21.3. The van der Waals surface area contributed by atoms with E-state index in [1.807, 2.05) is 0 Å². The Morgan fingerprint density at radius 2 is 1.91 bits per heavy atom. The quantitative estimate of drug-likeness (QED) is 0.419. The molecule has 4 rings (SSSR count). The first-order valence-corrected chi connectivity index (χ1v) is 10.7. The summed E-state index contributed by atoms with van der Waals surface area (Å²) in [4.78, 5) is 24.2. The fraction of sp³-hybridized carbons (Fsp3) is 0.100. The second-order valence-electron chi connectivity index (χ2n) is 6.74. The maximum atomic E-state index is 14.7. The number of halogens is 1. The van der Waals surface area contributed by atoms with E-state index >= 15 is 0 Å². The SMILES string of the molecule is Cc1c(Cc2ccnc(NS(N)(=O)=O)c2F)c(=O)oc2cc(Oc3ncccn3)ccc12. The molecule has 4 aromatic rings. The third kappa shape index (κ3) is 4.55. The van der Waals surface area contributed by atoms with E-state index in [9.17, 15) is 17.6 Å². The van der Waals surface area contributed by atoms with Gasteiger partial charge in [0.15, 0.2) is 11.6 Å². The monoisotopic (exact) mass is 457 g/mol. The number of fused-ring (bicyclic) bond motifs is 1. The molecule has 3 aromatic heterocycles. The normalized spacial score (nSPS) is 11.5. The number of anilines is 1. The van der Waals surface area contributed by atoms with Crippen molar-refractivity contribution in [1.82, 2.24) is 15.0 Å². The van der Waals surface area contributed by atoms with Gasteiger partial charge in [0, 0.05) is 42.0 Å². The van der Waals surface area contributed by atoms with Crippen molar-refractivity contribution in [2.45, 2.75) is 13.3 Å². The van der Waals surface area contributed by atoms with E-state index in [1.165, 1.54) is 30.7 Å². The molecule has 0 aliphatic heterocycles. The molecule has 164 valence electrons. The van der Waals surface area contributed by atoms with Gasteiger partial charge in [-0.1, -0.05) is 0 Å². The molecule has 0 unspecified atom stereocenters. The first-order valence-electron chi connectivity index (χ1n) is 9.16. The highest BCUT2D eigenvalue weighted by atomic mass is 32.2. The summed E-state index contributed by atoms with van der Waals surface area (Å²) in [6.45, 7) is 1.71. The van der Waals surface area contributed by atoms with Crippen LogP contribution in [0.25, 0.3) is 11.0 Å². The number of hydrogen-bond acceptors (Lipinski definition) is 8. The van der Waals surface area contributed by atoms with Gasteiger partial charge in [-0.05, 0) is 42.3 Å². The van der Waals surface area contributed by atoms with Crippen molar-refractivity contribution in [3.8, 4) is 11.8 Å². The number of nitrogens with one attached hydrogen (secondary N) is 1. The van der Waals surface area contributed by atoms with E-state index in [2.05, 4.69) is 15.0 Å². The molecule has 0 saturated carbocycles. The molecule has 0 bridgehead atoms. The Labute approximate surface area is 181 Å². The molecule has 0 spiro atoms. The zero-order valence-electron chi connectivity index (χ0n) is 16.6. The zero-order chi connectivity index (χ0) is 22.9. The molecule has 0 fully saturated rings. The summed E-state index contributed by atoms with van der Waals surface area (Å²) in [5.41, 5.74) is 0.443. The number of benzene rings is 1. The molecule has 3 N–H and O–H groups in total. The van der Waals surface area contributed by atoms with Crippen molar-refractivity contribution < 1.29 is 22.0 Å². The van der Waals surface area contributed by atoms with Crippen LogP contribution < -0.4 is 20.2 Å². The lowest BCUT2D eigenvalue weighted by Crippen LogP contribution is -2.23. The highest BCUT2D eigenvalue weighted by Crippen LogP contribution is 2.27. The Kier molecular flexibility index (Phi) is 5.55. The zero-order valence-corrected chi connectivity index (χ0v) is 17.4. The summed E-state index contributed by atoms with van der Waals surface area (Å²) >= 11 is 0. The number of nitrogens with zero attached hydrogens (tertiary/aromatic N) is 3. The summed E-state index contributed by atoms with van der Waals surface area (Å²) in [7, 11) is -4.21. The van der Waals surface area contributed by atoms with Crippen molar-refractivity contribution in [2.75, 3.05) is 4.72 Å². The van der Waals surface area contributed by atoms with Crippen molar-refractivity contribution in [2.24, 2.45) is 5.14 Å². The molecule has 0 amide bonds. The van der Waals surface area contributed by atoms with Crippen molar-refractivity contribution in [1.29, 1.82) is 0 Å². The van der Waals surface area contributed by atoms with E-state index in [0.29, 0.717) is 16.7 Å². The van der Waals surface area contributed by atoms with Gasteiger partial charge in [-0.2, -0.15) is 8.42 Å². The molecular formula is C20H16FN5O5S. The van der Waals surface area contributed by atoms with Gasteiger partial charge in [0.25, 0.3) is 10.2 Å². The number of aromatic nitrogens is 3. The molecule has 0 aliphatic rings. The van der Waals surface area contributed by atoms with Crippen LogP contribution in [-0.2, 0) is 16.6 Å². The van der Waals surface area contributed by atoms with Crippen LogP contribution in [-0.4, -0.2) is 23.4 Å². The Balaban J connectivity index is 1.69. The van der Waals surface area contributed by atoms with Crippen LogP contribution in [0.3, 0.4) is 0 Å². The van der Waals surface area contributed by atoms with Gasteiger partial charge < -0.3 is 9.15 Å². The van der Waals surface area contributed by atoms with Crippen LogP contribution in [0, 0.1) is 12.7 Å². The number of aryl methyl sites for hydroxylation is 1. The minimum atomic E-state index is -4.21. The molecule has 0 radical (unpaired) electrons. The summed E-state index contributed by atoms with van der Waals surface area (Å²) < 4.78 is 49.9. The predicted octanol–water partition coefficient (Wildman–Crippen LogP) is 2.42. The van der Waals surface area contributed by atoms with E-state index < -0.39 is 27.5 Å². The van der Waals surface area contributed by atoms with E-state index in [4.69, 9.17) is 14.3 Å². The second-order valence-corrected chi connectivity index (χ2v) is 8.04. The van der Waals surface area contributed by atoms with Gasteiger partial charge in [-0.3, -0.25) is 4.72 Å². The Hall–Kier alpha value is -3.90. The lowest BCUT2D eigenvalue weighted by Gasteiger charge is -2.11. The van der Waals surface area contributed by atoms with Crippen LogP contribution in [0.2, 0.25) is 0 Å². The summed E-state index contributed by atoms with van der Waals surface area (Å²) in [5, 5.41) is 5.51. The van der Waals surface area contributed by atoms with Gasteiger partial charge in [-0.15, -0.1) is 0 Å². The second kappa shape index (κ2) is 8.32. The molecule has 12 heteroatoms. The Morgan fingerprint density at radius 3 is 2.62 bits per heavy atom. The fourth-order valence-corrected chi connectivity index (χ4v) is 3.51. The highest BCUT2D eigenvalue weighted by molar-refractivity contribution is 7.90. The molecule has 0 atom stereocenters.